The Bertz CT molecular complexity index is 887. The van der Waals surface area contributed by atoms with E-state index in [2.05, 4.69) is 65.6 Å². The summed E-state index contributed by atoms with van der Waals surface area (Å²) in [5, 5.41) is 9.05. The third kappa shape index (κ3) is 6.53. The molecule has 0 aliphatic rings. The lowest BCUT2D eigenvalue weighted by Crippen LogP contribution is -2.25. The molecule has 0 unspecified atom stereocenters. The highest BCUT2D eigenvalue weighted by molar-refractivity contribution is 5.69. The first kappa shape index (κ1) is 19.6. The third-order valence-electron chi connectivity index (χ3n) is 4.54. The molecule has 0 spiro atoms. The molecule has 3 aromatic carbocycles. The van der Waals surface area contributed by atoms with Crippen molar-refractivity contribution >= 4 is 18.1 Å². The van der Waals surface area contributed by atoms with Gasteiger partial charge in [-0.3, -0.25) is 9.69 Å². The topological polar surface area (TPSA) is 40.5 Å². The van der Waals surface area contributed by atoms with Crippen LogP contribution in [-0.4, -0.2) is 22.5 Å². The molecule has 0 heterocycles. The second kappa shape index (κ2) is 10.2. The molecule has 0 saturated carbocycles. The molecule has 0 aliphatic heterocycles. The number of carbonyl (C=O) groups is 1. The molecule has 3 rings (SSSR count). The Morgan fingerprint density at radius 2 is 1.21 bits per heavy atom. The minimum Gasteiger partial charge on any atom is -0.481 e. The lowest BCUT2D eigenvalue weighted by atomic mass is 10.1. The Hall–Kier alpha value is -3.17. The lowest BCUT2D eigenvalue weighted by molar-refractivity contribution is -0.137. The van der Waals surface area contributed by atoms with Crippen LogP contribution in [-0.2, 0) is 17.9 Å². The molecule has 0 aromatic heterocycles. The first-order valence-corrected chi connectivity index (χ1v) is 9.49. The molecule has 1 N–H and O–H groups in total. The number of aliphatic carboxylic acids is 1. The average Bonchev–Trinajstić information content (AvgIpc) is 2.73. The van der Waals surface area contributed by atoms with Gasteiger partial charge in [0.25, 0.3) is 0 Å². The van der Waals surface area contributed by atoms with Crippen LogP contribution >= 0.6 is 0 Å². The predicted octanol–water partition coefficient (Wildman–Crippen LogP) is 5.33. The van der Waals surface area contributed by atoms with E-state index in [1.807, 2.05) is 36.4 Å². The predicted molar refractivity (Wildman–Crippen MR) is 115 cm³/mol. The molecule has 0 aliphatic carbocycles. The van der Waals surface area contributed by atoms with Gasteiger partial charge in [0.15, 0.2) is 0 Å². The minimum absolute atomic E-state index is 0.144. The van der Waals surface area contributed by atoms with Crippen molar-refractivity contribution in [3.63, 3.8) is 0 Å². The Labute approximate surface area is 166 Å². The normalized spacial score (nSPS) is 11.2. The molecule has 3 heteroatoms. The molecule has 3 aromatic rings. The van der Waals surface area contributed by atoms with E-state index in [1.165, 1.54) is 16.7 Å². The fourth-order valence-electron chi connectivity index (χ4n) is 3.06. The molecule has 3 nitrogen and oxygen atoms in total. The van der Waals surface area contributed by atoms with Gasteiger partial charge in [-0.25, -0.2) is 0 Å². The second-order valence-electron chi connectivity index (χ2n) is 6.83. The van der Waals surface area contributed by atoms with Gasteiger partial charge in [0.1, 0.15) is 0 Å². The second-order valence-corrected chi connectivity index (χ2v) is 6.83. The van der Waals surface area contributed by atoms with E-state index in [0.717, 1.165) is 18.7 Å². The summed E-state index contributed by atoms with van der Waals surface area (Å²) >= 11 is 0. The van der Waals surface area contributed by atoms with Crippen LogP contribution in [0, 0.1) is 0 Å². The van der Waals surface area contributed by atoms with Crippen molar-refractivity contribution < 1.29 is 9.90 Å². The molecule has 0 amide bonds. The van der Waals surface area contributed by atoms with Gasteiger partial charge in [0.05, 0.1) is 6.42 Å². The number of hydrogen-bond acceptors (Lipinski definition) is 2. The van der Waals surface area contributed by atoms with Gasteiger partial charge in [0, 0.05) is 19.6 Å². The highest BCUT2D eigenvalue weighted by Crippen LogP contribution is 2.14. The van der Waals surface area contributed by atoms with E-state index in [9.17, 15) is 4.79 Å². The summed E-state index contributed by atoms with van der Waals surface area (Å²) in [4.78, 5) is 13.2. The first-order valence-electron chi connectivity index (χ1n) is 9.49. The largest absolute Gasteiger partial charge is 0.481 e. The molecule has 0 fully saturated rings. The summed E-state index contributed by atoms with van der Waals surface area (Å²) in [5.74, 6) is -0.764. The molecule has 142 valence electrons. The maximum Gasteiger partial charge on any atom is 0.304 e. The Balaban J connectivity index is 1.64. The van der Waals surface area contributed by atoms with E-state index in [0.29, 0.717) is 6.54 Å². The zero-order valence-electron chi connectivity index (χ0n) is 15.9. The zero-order valence-corrected chi connectivity index (χ0v) is 15.9. The van der Waals surface area contributed by atoms with Gasteiger partial charge in [-0.1, -0.05) is 97.1 Å². The number of rotatable bonds is 9. The van der Waals surface area contributed by atoms with E-state index in [1.54, 1.807) is 0 Å². The number of carboxylic acid groups (broad SMARTS) is 1. The van der Waals surface area contributed by atoms with Crippen molar-refractivity contribution in [3.05, 3.63) is 107 Å². The standard InChI is InChI=1S/C25H25NO2/c27-25(28)17-18-26(19-23-9-5-2-6-10-23)20-24-15-13-22(14-16-24)12-11-21-7-3-1-4-8-21/h1-16H,17-20H2,(H,27,28). The van der Waals surface area contributed by atoms with E-state index in [4.69, 9.17) is 5.11 Å². The lowest BCUT2D eigenvalue weighted by Gasteiger charge is -2.22. The van der Waals surface area contributed by atoms with Crippen molar-refractivity contribution in [2.45, 2.75) is 19.5 Å². The third-order valence-corrected chi connectivity index (χ3v) is 4.54. The van der Waals surface area contributed by atoms with Crippen LogP contribution in [0.2, 0.25) is 0 Å². The molecule has 0 radical (unpaired) electrons. The van der Waals surface area contributed by atoms with Crippen LogP contribution < -0.4 is 0 Å². The minimum atomic E-state index is -0.764. The van der Waals surface area contributed by atoms with Gasteiger partial charge < -0.3 is 5.11 Å². The van der Waals surface area contributed by atoms with Gasteiger partial charge in [-0.05, 0) is 22.3 Å². The molecular formula is C25H25NO2. The molecule has 0 saturated heterocycles. The summed E-state index contributed by atoms with van der Waals surface area (Å²) in [6.07, 6.45) is 4.35. The van der Waals surface area contributed by atoms with Crippen molar-refractivity contribution in [1.82, 2.24) is 4.90 Å². The maximum absolute atomic E-state index is 11.0. The summed E-state index contributed by atoms with van der Waals surface area (Å²) in [5.41, 5.74) is 4.69. The molecule has 0 atom stereocenters. The van der Waals surface area contributed by atoms with Crippen LogP contribution in [0.4, 0.5) is 0 Å². The summed E-state index contributed by atoms with van der Waals surface area (Å²) in [6.45, 7) is 1.99. The SMILES string of the molecule is O=C(O)CCN(Cc1ccccc1)Cc1ccc(C=Cc2ccccc2)cc1. The van der Waals surface area contributed by atoms with Crippen LogP contribution in [0.25, 0.3) is 12.2 Å². The summed E-state index contributed by atoms with van der Waals surface area (Å²) < 4.78 is 0. The van der Waals surface area contributed by atoms with Crippen LogP contribution in [0.15, 0.2) is 84.9 Å². The van der Waals surface area contributed by atoms with Crippen LogP contribution in [0.1, 0.15) is 28.7 Å². The van der Waals surface area contributed by atoms with Crippen LogP contribution in [0.5, 0.6) is 0 Å². The molecule has 28 heavy (non-hydrogen) atoms. The average molecular weight is 371 g/mol. The van der Waals surface area contributed by atoms with Gasteiger partial charge in [0.2, 0.25) is 0 Å². The van der Waals surface area contributed by atoms with Gasteiger partial charge >= 0.3 is 5.97 Å². The number of carboxylic acids is 1. The number of nitrogens with zero attached hydrogens (tertiary/aromatic N) is 1. The Morgan fingerprint density at radius 3 is 1.79 bits per heavy atom. The molecular weight excluding hydrogens is 346 g/mol. The number of benzene rings is 3. The Kier molecular flexibility index (Phi) is 7.16. The highest BCUT2D eigenvalue weighted by atomic mass is 16.4. The summed E-state index contributed by atoms with van der Waals surface area (Å²) in [6, 6.07) is 28.8. The number of hydrogen-bond donors (Lipinski definition) is 1. The summed E-state index contributed by atoms with van der Waals surface area (Å²) in [7, 11) is 0. The fraction of sp³-hybridized carbons (Fsp3) is 0.160. The fourth-order valence-corrected chi connectivity index (χ4v) is 3.06. The zero-order chi connectivity index (χ0) is 19.6. The quantitative estimate of drug-likeness (QED) is 0.517. The monoisotopic (exact) mass is 371 g/mol. The van der Waals surface area contributed by atoms with Gasteiger partial charge in [-0.2, -0.15) is 0 Å². The first-order chi connectivity index (χ1) is 13.7. The highest BCUT2D eigenvalue weighted by Gasteiger charge is 2.09. The van der Waals surface area contributed by atoms with E-state index >= 15 is 0 Å². The maximum atomic E-state index is 11.0. The Morgan fingerprint density at radius 1 is 0.714 bits per heavy atom. The van der Waals surface area contributed by atoms with Gasteiger partial charge in [-0.15, -0.1) is 0 Å². The van der Waals surface area contributed by atoms with Crippen LogP contribution in [0.3, 0.4) is 0 Å². The van der Waals surface area contributed by atoms with Crippen molar-refractivity contribution in [2.75, 3.05) is 6.54 Å². The van der Waals surface area contributed by atoms with Crippen molar-refractivity contribution in [1.29, 1.82) is 0 Å². The molecule has 0 bridgehead atoms. The van der Waals surface area contributed by atoms with Crippen molar-refractivity contribution in [3.8, 4) is 0 Å². The van der Waals surface area contributed by atoms with E-state index in [-0.39, 0.29) is 6.42 Å². The smallest absolute Gasteiger partial charge is 0.304 e. The van der Waals surface area contributed by atoms with Crippen molar-refractivity contribution in [2.24, 2.45) is 0 Å². The van der Waals surface area contributed by atoms with E-state index < -0.39 is 5.97 Å².